The SMILES string of the molecule is CC.O=S(N1CCOCC1)n1ccnc1. The Hall–Kier alpha value is -0.720. The Kier molecular flexibility index (Phi) is 5.52. The van der Waals surface area contributed by atoms with Crippen molar-refractivity contribution in [2.24, 2.45) is 0 Å². The Morgan fingerprint density at radius 2 is 2.00 bits per heavy atom. The van der Waals surface area contributed by atoms with E-state index in [2.05, 4.69) is 4.98 Å². The molecule has 0 aromatic carbocycles. The number of rotatable bonds is 2. The number of hydrogen-bond acceptors (Lipinski definition) is 3. The van der Waals surface area contributed by atoms with Crippen LogP contribution in [0, 0.1) is 0 Å². The molecule has 0 aliphatic carbocycles. The van der Waals surface area contributed by atoms with E-state index >= 15 is 0 Å². The summed E-state index contributed by atoms with van der Waals surface area (Å²) in [4.78, 5) is 3.85. The summed E-state index contributed by atoms with van der Waals surface area (Å²) in [7, 11) is 0. The van der Waals surface area contributed by atoms with E-state index in [9.17, 15) is 4.21 Å². The number of nitrogens with zero attached hydrogens (tertiary/aromatic N) is 3. The average Bonchev–Trinajstić information content (AvgIpc) is 2.85. The Labute approximate surface area is 92.8 Å². The summed E-state index contributed by atoms with van der Waals surface area (Å²) >= 11 is -1.13. The van der Waals surface area contributed by atoms with Gasteiger partial charge in [-0.3, -0.25) is 0 Å². The van der Waals surface area contributed by atoms with E-state index in [0.29, 0.717) is 26.3 Å². The third-order valence-electron chi connectivity index (χ3n) is 1.85. The highest BCUT2D eigenvalue weighted by molar-refractivity contribution is 7.81. The van der Waals surface area contributed by atoms with Crippen molar-refractivity contribution in [2.75, 3.05) is 26.3 Å². The number of imidazole rings is 1. The Bertz CT molecular complexity index is 284. The highest BCUT2D eigenvalue weighted by Gasteiger charge is 2.17. The van der Waals surface area contributed by atoms with E-state index in [1.165, 1.54) is 0 Å². The van der Waals surface area contributed by atoms with E-state index in [1.807, 2.05) is 18.2 Å². The molecule has 5 nitrogen and oxygen atoms in total. The maximum atomic E-state index is 11.8. The monoisotopic (exact) mass is 231 g/mol. The van der Waals surface area contributed by atoms with E-state index in [0.717, 1.165) is 0 Å². The van der Waals surface area contributed by atoms with Crippen LogP contribution in [-0.2, 0) is 15.9 Å². The van der Waals surface area contributed by atoms with Crippen LogP contribution in [0.3, 0.4) is 0 Å². The van der Waals surface area contributed by atoms with E-state index in [4.69, 9.17) is 4.74 Å². The lowest BCUT2D eigenvalue weighted by atomic mass is 10.5. The zero-order valence-corrected chi connectivity index (χ0v) is 9.94. The minimum atomic E-state index is -1.13. The predicted molar refractivity (Wildman–Crippen MR) is 59.5 cm³/mol. The van der Waals surface area contributed by atoms with Crippen LogP contribution in [0.15, 0.2) is 18.7 Å². The summed E-state index contributed by atoms with van der Waals surface area (Å²) in [6, 6.07) is 0. The molecule has 6 heteroatoms. The van der Waals surface area contributed by atoms with Crippen LogP contribution in [0.25, 0.3) is 0 Å². The van der Waals surface area contributed by atoms with Gasteiger partial charge in [0.25, 0.3) is 0 Å². The molecule has 1 unspecified atom stereocenters. The largest absolute Gasteiger partial charge is 0.379 e. The van der Waals surface area contributed by atoms with Crippen LogP contribution in [0.2, 0.25) is 0 Å². The molecule has 2 rings (SSSR count). The molecule has 1 aliphatic heterocycles. The summed E-state index contributed by atoms with van der Waals surface area (Å²) in [6.45, 7) is 6.73. The van der Waals surface area contributed by atoms with Crippen molar-refractivity contribution in [1.29, 1.82) is 0 Å². The number of ether oxygens (including phenoxy) is 1. The number of aromatic nitrogens is 2. The molecule has 1 aromatic heterocycles. The van der Waals surface area contributed by atoms with Crippen molar-refractivity contribution in [2.45, 2.75) is 13.8 Å². The predicted octanol–water partition coefficient (Wildman–Crippen LogP) is 0.668. The van der Waals surface area contributed by atoms with Crippen molar-refractivity contribution >= 4 is 11.2 Å². The smallest absolute Gasteiger partial charge is 0.204 e. The van der Waals surface area contributed by atoms with Crippen molar-refractivity contribution < 1.29 is 8.95 Å². The summed E-state index contributed by atoms with van der Waals surface area (Å²) < 4.78 is 20.4. The molecule has 1 atom stereocenters. The third-order valence-corrected chi connectivity index (χ3v) is 3.24. The molecular formula is C9H17N3O2S. The summed E-state index contributed by atoms with van der Waals surface area (Å²) in [5, 5.41) is 0. The van der Waals surface area contributed by atoms with Gasteiger partial charge in [0.15, 0.2) is 0 Å². The molecular weight excluding hydrogens is 214 g/mol. The van der Waals surface area contributed by atoms with Crippen molar-refractivity contribution in [3.63, 3.8) is 0 Å². The molecule has 1 aromatic rings. The molecule has 0 radical (unpaired) electrons. The molecule has 1 saturated heterocycles. The van der Waals surface area contributed by atoms with Gasteiger partial charge < -0.3 is 4.74 Å². The second kappa shape index (κ2) is 6.71. The molecule has 86 valence electrons. The van der Waals surface area contributed by atoms with Gasteiger partial charge in [0.05, 0.1) is 13.2 Å². The summed E-state index contributed by atoms with van der Waals surface area (Å²) in [6.07, 6.45) is 4.88. The fourth-order valence-electron chi connectivity index (χ4n) is 1.18. The Balaban J connectivity index is 0.000000531. The zero-order chi connectivity index (χ0) is 11.1. The normalized spacial score (nSPS) is 19.1. The lowest BCUT2D eigenvalue weighted by Gasteiger charge is -2.24. The van der Waals surface area contributed by atoms with Crippen LogP contribution < -0.4 is 0 Å². The first-order chi connectivity index (χ1) is 7.38. The van der Waals surface area contributed by atoms with Gasteiger partial charge in [-0.05, 0) is 0 Å². The Morgan fingerprint density at radius 1 is 1.33 bits per heavy atom. The minimum Gasteiger partial charge on any atom is -0.379 e. The lowest BCUT2D eigenvalue weighted by Crippen LogP contribution is -2.39. The van der Waals surface area contributed by atoms with E-state index in [1.54, 1.807) is 22.7 Å². The van der Waals surface area contributed by atoms with Crippen LogP contribution in [-0.4, -0.2) is 43.8 Å². The maximum absolute atomic E-state index is 11.8. The number of morpholine rings is 1. The van der Waals surface area contributed by atoms with E-state index in [-0.39, 0.29) is 0 Å². The molecule has 0 saturated carbocycles. The van der Waals surface area contributed by atoms with Gasteiger partial charge in [-0.15, -0.1) is 0 Å². The summed E-state index contributed by atoms with van der Waals surface area (Å²) in [5.74, 6) is 0. The average molecular weight is 231 g/mol. The van der Waals surface area contributed by atoms with Gasteiger partial charge in [-0.2, -0.15) is 0 Å². The first-order valence-electron chi connectivity index (χ1n) is 5.11. The van der Waals surface area contributed by atoms with Gasteiger partial charge >= 0.3 is 0 Å². The van der Waals surface area contributed by atoms with Gasteiger partial charge in [0.2, 0.25) is 11.2 Å². The number of hydrogen-bond donors (Lipinski definition) is 0. The molecule has 0 spiro atoms. The maximum Gasteiger partial charge on any atom is 0.204 e. The fourth-order valence-corrected chi connectivity index (χ4v) is 2.20. The fraction of sp³-hybridized carbons (Fsp3) is 0.667. The minimum absolute atomic E-state index is 0.653. The second-order valence-electron chi connectivity index (χ2n) is 2.69. The van der Waals surface area contributed by atoms with Gasteiger partial charge in [-0.1, -0.05) is 13.8 Å². The van der Waals surface area contributed by atoms with Crippen molar-refractivity contribution in [3.8, 4) is 0 Å². The van der Waals surface area contributed by atoms with Crippen LogP contribution >= 0.6 is 0 Å². The quantitative estimate of drug-likeness (QED) is 0.751. The Morgan fingerprint density at radius 3 is 2.53 bits per heavy atom. The highest BCUT2D eigenvalue weighted by atomic mass is 32.2. The highest BCUT2D eigenvalue weighted by Crippen LogP contribution is 2.03. The van der Waals surface area contributed by atoms with Crippen molar-refractivity contribution in [1.82, 2.24) is 13.3 Å². The second-order valence-corrected chi connectivity index (χ2v) is 4.09. The van der Waals surface area contributed by atoms with Gasteiger partial charge in [-0.25, -0.2) is 17.5 Å². The molecule has 0 amide bonds. The van der Waals surface area contributed by atoms with Crippen molar-refractivity contribution in [3.05, 3.63) is 18.7 Å². The first-order valence-corrected chi connectivity index (χ1v) is 6.17. The van der Waals surface area contributed by atoms with Gasteiger partial charge in [0, 0.05) is 25.5 Å². The third kappa shape index (κ3) is 3.40. The molecule has 1 aliphatic rings. The standard InChI is InChI=1S/C7H11N3O2S.C2H6/c11-13(10-2-1-8-7-10)9-3-5-12-6-4-9;1-2/h1-2,7H,3-6H2;1-2H3. The molecule has 1 fully saturated rings. The lowest BCUT2D eigenvalue weighted by molar-refractivity contribution is 0.0748. The molecule has 15 heavy (non-hydrogen) atoms. The summed E-state index contributed by atoms with van der Waals surface area (Å²) in [5.41, 5.74) is 0. The topological polar surface area (TPSA) is 47.4 Å². The zero-order valence-electron chi connectivity index (χ0n) is 9.13. The van der Waals surface area contributed by atoms with Crippen LogP contribution in [0.5, 0.6) is 0 Å². The molecule has 0 N–H and O–H groups in total. The van der Waals surface area contributed by atoms with Gasteiger partial charge in [0.1, 0.15) is 6.33 Å². The molecule has 0 bridgehead atoms. The first kappa shape index (κ1) is 12.4. The molecule has 2 heterocycles. The van der Waals surface area contributed by atoms with Crippen LogP contribution in [0.1, 0.15) is 13.8 Å². The van der Waals surface area contributed by atoms with Crippen LogP contribution in [0.4, 0.5) is 0 Å². The van der Waals surface area contributed by atoms with E-state index < -0.39 is 11.2 Å².